The predicted molar refractivity (Wildman–Crippen MR) is 83.4 cm³/mol. The van der Waals surface area contributed by atoms with Gasteiger partial charge in [-0.15, -0.1) is 0 Å². The molecule has 24 heavy (non-hydrogen) atoms. The number of fused-ring (bicyclic) bond motifs is 9. The Hall–Kier alpha value is -1.36. The van der Waals surface area contributed by atoms with Gasteiger partial charge in [0.1, 0.15) is 0 Å². The van der Waals surface area contributed by atoms with Crippen LogP contribution in [0.5, 0.6) is 0 Å². The summed E-state index contributed by atoms with van der Waals surface area (Å²) in [6.07, 6.45) is 9.35. The number of rotatable bonds is 4. The molecule has 4 aliphatic carbocycles. The van der Waals surface area contributed by atoms with Crippen LogP contribution in [-0.2, 0) is 23.8 Å². The second-order valence-corrected chi connectivity index (χ2v) is 8.14. The maximum absolute atomic E-state index is 12.5. The Morgan fingerprint density at radius 1 is 1.08 bits per heavy atom. The summed E-state index contributed by atoms with van der Waals surface area (Å²) in [6.45, 7) is 0.342. The highest BCUT2D eigenvalue weighted by atomic mass is 16.7. The molecule has 0 aromatic carbocycles. The van der Waals surface area contributed by atoms with Crippen molar-refractivity contribution in [3.63, 3.8) is 0 Å². The summed E-state index contributed by atoms with van der Waals surface area (Å²) in [5, 5.41) is 0. The zero-order valence-corrected chi connectivity index (χ0v) is 13.8. The van der Waals surface area contributed by atoms with Crippen LogP contribution in [0, 0.1) is 41.4 Å². The molecule has 0 aromatic heterocycles. The molecule has 1 saturated heterocycles. The summed E-state index contributed by atoms with van der Waals surface area (Å²) in [7, 11) is 0. The molecule has 1 heterocycles. The molecule has 0 aromatic rings. The van der Waals surface area contributed by atoms with Gasteiger partial charge in [0.25, 0.3) is 0 Å². The van der Waals surface area contributed by atoms with Crippen LogP contribution in [0.15, 0.2) is 12.2 Å². The van der Waals surface area contributed by atoms with Crippen molar-refractivity contribution < 1.29 is 23.8 Å². The molecular weight excluding hydrogens is 308 g/mol. The zero-order valence-electron chi connectivity index (χ0n) is 13.8. The molecule has 4 bridgehead atoms. The smallest absolute Gasteiger partial charge is 0.346 e. The van der Waals surface area contributed by atoms with Gasteiger partial charge in [-0.1, -0.05) is 12.2 Å². The van der Waals surface area contributed by atoms with Gasteiger partial charge in [0.15, 0.2) is 6.61 Å². The highest BCUT2D eigenvalue weighted by molar-refractivity contribution is 5.78. The maximum Gasteiger partial charge on any atom is 0.346 e. The van der Waals surface area contributed by atoms with E-state index in [4.69, 9.17) is 14.2 Å². The van der Waals surface area contributed by atoms with E-state index in [1.54, 1.807) is 0 Å². The quantitative estimate of drug-likeness (QED) is 0.449. The predicted octanol–water partition coefficient (Wildman–Crippen LogP) is 2.30. The normalized spacial score (nSPS) is 47.2. The molecule has 3 saturated carbocycles. The van der Waals surface area contributed by atoms with E-state index < -0.39 is 12.3 Å². The van der Waals surface area contributed by atoms with Crippen LogP contribution in [0.1, 0.15) is 32.1 Å². The molecule has 4 fully saturated rings. The summed E-state index contributed by atoms with van der Waals surface area (Å²) >= 11 is 0. The first-order chi connectivity index (χ1) is 11.7. The molecule has 8 unspecified atom stereocenters. The highest BCUT2D eigenvalue weighted by Crippen LogP contribution is 2.67. The van der Waals surface area contributed by atoms with Crippen molar-refractivity contribution in [2.45, 2.75) is 38.4 Å². The van der Waals surface area contributed by atoms with Crippen LogP contribution < -0.4 is 0 Å². The lowest BCUT2D eigenvalue weighted by atomic mass is 9.69. The van der Waals surface area contributed by atoms with E-state index >= 15 is 0 Å². The lowest BCUT2D eigenvalue weighted by Crippen LogP contribution is -2.36. The average Bonchev–Trinajstić information content (AvgIpc) is 3.37. The van der Waals surface area contributed by atoms with Crippen molar-refractivity contribution in [3.8, 4) is 0 Å². The molecule has 0 amide bonds. The van der Waals surface area contributed by atoms with Crippen LogP contribution in [0.25, 0.3) is 0 Å². The molecule has 5 heteroatoms. The number of carbonyl (C=O) groups is 2. The van der Waals surface area contributed by atoms with Crippen LogP contribution >= 0.6 is 0 Å². The van der Waals surface area contributed by atoms with Crippen molar-refractivity contribution >= 4 is 11.9 Å². The maximum atomic E-state index is 12.5. The first kappa shape index (κ1) is 14.9. The van der Waals surface area contributed by atoms with Crippen LogP contribution in [0.4, 0.5) is 0 Å². The Morgan fingerprint density at radius 2 is 1.92 bits per heavy atom. The first-order valence-corrected chi connectivity index (χ1v) is 9.37. The van der Waals surface area contributed by atoms with E-state index in [9.17, 15) is 9.59 Å². The number of carbonyl (C=O) groups excluding carboxylic acids is 2. The van der Waals surface area contributed by atoms with E-state index in [1.807, 2.05) is 0 Å². The minimum Gasteiger partial charge on any atom is -0.453 e. The Kier molecular flexibility index (Phi) is 3.47. The third kappa shape index (κ3) is 2.24. The standard InChI is InChI=1S/C19H24O5/c20-15(24-16-2-1-5-22-16)9-23-19(21)14-8-12-7-13(14)18-11-4-3-10(6-11)17(12)18/h3-4,10-14,16-18H,1-2,5-9H2. The lowest BCUT2D eigenvalue weighted by molar-refractivity contribution is -0.179. The van der Waals surface area contributed by atoms with Gasteiger partial charge in [0, 0.05) is 6.42 Å². The summed E-state index contributed by atoms with van der Waals surface area (Å²) in [4.78, 5) is 24.3. The van der Waals surface area contributed by atoms with E-state index in [0.29, 0.717) is 30.3 Å². The largest absolute Gasteiger partial charge is 0.453 e. The van der Waals surface area contributed by atoms with Crippen molar-refractivity contribution in [3.05, 3.63) is 12.2 Å². The van der Waals surface area contributed by atoms with Gasteiger partial charge in [-0.05, 0) is 61.2 Å². The molecule has 5 aliphatic rings. The van der Waals surface area contributed by atoms with Crippen LogP contribution in [0.2, 0.25) is 0 Å². The van der Waals surface area contributed by atoms with E-state index in [0.717, 1.165) is 31.1 Å². The van der Waals surface area contributed by atoms with Crippen LogP contribution in [0.3, 0.4) is 0 Å². The van der Waals surface area contributed by atoms with E-state index in [1.165, 1.54) is 12.8 Å². The molecular formula is C19H24O5. The SMILES string of the molecule is O=C(COC(=O)C1CC2CC1C1C3C=CC(C3)C21)OC1CCCO1. The van der Waals surface area contributed by atoms with Gasteiger partial charge in [0.05, 0.1) is 12.5 Å². The summed E-state index contributed by atoms with van der Waals surface area (Å²) < 4.78 is 15.7. The van der Waals surface area contributed by atoms with Gasteiger partial charge in [-0.2, -0.15) is 0 Å². The van der Waals surface area contributed by atoms with Gasteiger partial charge < -0.3 is 14.2 Å². The summed E-state index contributed by atoms with van der Waals surface area (Å²) in [6, 6.07) is 0. The monoisotopic (exact) mass is 332 g/mol. The Balaban J connectivity index is 1.16. The fraction of sp³-hybridized carbons (Fsp3) is 0.789. The molecule has 1 aliphatic heterocycles. The number of esters is 2. The summed E-state index contributed by atoms with van der Waals surface area (Å²) in [5.41, 5.74) is 0. The molecule has 5 nitrogen and oxygen atoms in total. The van der Waals surface area contributed by atoms with E-state index in [2.05, 4.69) is 12.2 Å². The topological polar surface area (TPSA) is 61.8 Å². The number of hydrogen-bond donors (Lipinski definition) is 0. The van der Waals surface area contributed by atoms with Gasteiger partial charge in [-0.3, -0.25) is 4.79 Å². The van der Waals surface area contributed by atoms with Gasteiger partial charge >= 0.3 is 11.9 Å². The van der Waals surface area contributed by atoms with Crippen molar-refractivity contribution in [2.75, 3.05) is 13.2 Å². The second-order valence-electron chi connectivity index (χ2n) is 8.14. The van der Waals surface area contributed by atoms with Gasteiger partial charge in [-0.25, -0.2) is 4.79 Å². The second kappa shape index (κ2) is 5.58. The van der Waals surface area contributed by atoms with Crippen molar-refractivity contribution in [1.29, 1.82) is 0 Å². The minimum absolute atomic E-state index is 0.0143. The first-order valence-electron chi connectivity index (χ1n) is 9.37. The van der Waals surface area contributed by atoms with E-state index in [-0.39, 0.29) is 18.5 Å². The highest BCUT2D eigenvalue weighted by Gasteiger charge is 2.62. The fourth-order valence-electron chi connectivity index (χ4n) is 6.35. The Morgan fingerprint density at radius 3 is 2.71 bits per heavy atom. The molecule has 5 rings (SSSR count). The third-order valence-corrected chi connectivity index (χ3v) is 7.06. The molecule has 8 atom stereocenters. The molecule has 130 valence electrons. The number of ether oxygens (including phenoxy) is 3. The molecule has 0 N–H and O–H groups in total. The zero-order chi connectivity index (χ0) is 16.3. The van der Waals surface area contributed by atoms with Crippen LogP contribution in [-0.4, -0.2) is 31.4 Å². The molecule has 0 spiro atoms. The van der Waals surface area contributed by atoms with Crippen molar-refractivity contribution in [1.82, 2.24) is 0 Å². The van der Waals surface area contributed by atoms with Gasteiger partial charge in [0.2, 0.25) is 6.29 Å². The number of hydrogen-bond acceptors (Lipinski definition) is 5. The minimum atomic E-state index is -0.501. The van der Waals surface area contributed by atoms with Crippen molar-refractivity contribution in [2.24, 2.45) is 41.4 Å². The Bertz CT molecular complexity index is 578. The average molecular weight is 332 g/mol. The fourth-order valence-corrected chi connectivity index (χ4v) is 6.35. The third-order valence-electron chi connectivity index (χ3n) is 7.06. The Labute approximate surface area is 141 Å². The number of allylic oxidation sites excluding steroid dienone is 2. The summed E-state index contributed by atoms with van der Waals surface area (Å²) in [5.74, 6) is 3.34. The lowest BCUT2D eigenvalue weighted by Gasteiger charge is -2.35. The molecule has 0 radical (unpaired) electrons.